The molecule has 0 bridgehead atoms. The molecule has 0 unspecified atom stereocenters. The van der Waals surface area contributed by atoms with Gasteiger partial charge in [-0.2, -0.15) is 9.67 Å². The molecule has 6 nitrogen and oxygen atoms in total. The fourth-order valence-electron chi connectivity index (χ4n) is 2.44. The van der Waals surface area contributed by atoms with Crippen LogP contribution in [-0.2, 0) is 5.41 Å². The molecule has 0 fully saturated rings. The van der Waals surface area contributed by atoms with Gasteiger partial charge in [-0.1, -0.05) is 45.0 Å². The standard InChI is InChI=1S/C19H21N3O3/c1-5-24-18-20-16(13-8-10-14(11-9-13)19(2,3)4)22(21-18)17(23)15-7-6-12-25-15/h6-12H,5H2,1-4H3. The molecule has 1 aromatic carbocycles. The van der Waals surface area contributed by atoms with Gasteiger partial charge in [-0.3, -0.25) is 4.79 Å². The Bertz CT molecular complexity index is 856. The average Bonchev–Trinajstić information content (AvgIpc) is 3.24. The van der Waals surface area contributed by atoms with E-state index in [-0.39, 0.29) is 17.2 Å². The summed E-state index contributed by atoms with van der Waals surface area (Å²) < 4.78 is 11.8. The lowest BCUT2D eigenvalue weighted by molar-refractivity contribution is 0.0917. The highest BCUT2D eigenvalue weighted by atomic mass is 16.5. The van der Waals surface area contributed by atoms with Crippen LogP contribution in [0, 0.1) is 0 Å². The topological polar surface area (TPSA) is 70.2 Å². The molecule has 0 N–H and O–H groups in total. The molecule has 0 amide bonds. The maximum absolute atomic E-state index is 12.7. The Labute approximate surface area is 146 Å². The summed E-state index contributed by atoms with van der Waals surface area (Å²) in [6, 6.07) is 11.4. The van der Waals surface area contributed by atoms with Gasteiger partial charge in [-0.15, -0.1) is 5.10 Å². The number of rotatable bonds is 4. The van der Waals surface area contributed by atoms with E-state index in [1.165, 1.54) is 16.5 Å². The minimum atomic E-state index is -0.390. The molecule has 3 aromatic rings. The number of aromatic nitrogens is 3. The Kier molecular flexibility index (Phi) is 4.44. The first-order valence-corrected chi connectivity index (χ1v) is 8.19. The van der Waals surface area contributed by atoms with Gasteiger partial charge in [0.25, 0.3) is 0 Å². The van der Waals surface area contributed by atoms with Crippen molar-refractivity contribution in [1.82, 2.24) is 14.8 Å². The molecule has 0 aliphatic heterocycles. The lowest BCUT2D eigenvalue weighted by atomic mass is 9.87. The van der Waals surface area contributed by atoms with Gasteiger partial charge in [-0.25, -0.2) is 0 Å². The van der Waals surface area contributed by atoms with Gasteiger partial charge in [0.15, 0.2) is 11.6 Å². The van der Waals surface area contributed by atoms with Crippen molar-refractivity contribution in [3.05, 3.63) is 54.0 Å². The molecule has 25 heavy (non-hydrogen) atoms. The molecule has 2 aromatic heterocycles. The van der Waals surface area contributed by atoms with Gasteiger partial charge < -0.3 is 9.15 Å². The molecule has 0 spiro atoms. The van der Waals surface area contributed by atoms with Crippen LogP contribution in [0.4, 0.5) is 0 Å². The second-order valence-electron chi connectivity index (χ2n) is 6.67. The van der Waals surface area contributed by atoms with E-state index < -0.39 is 5.91 Å². The molecule has 130 valence electrons. The molecule has 0 atom stereocenters. The highest BCUT2D eigenvalue weighted by Crippen LogP contribution is 2.26. The Morgan fingerprint density at radius 2 is 1.92 bits per heavy atom. The summed E-state index contributed by atoms with van der Waals surface area (Å²) in [6.45, 7) is 8.71. The number of furan rings is 1. The van der Waals surface area contributed by atoms with Crippen molar-refractivity contribution < 1.29 is 13.9 Å². The summed E-state index contributed by atoms with van der Waals surface area (Å²) in [6.07, 6.45) is 1.45. The van der Waals surface area contributed by atoms with Crippen LogP contribution in [0.3, 0.4) is 0 Å². The lowest BCUT2D eigenvalue weighted by Gasteiger charge is -2.19. The molecule has 0 aliphatic rings. The van der Waals surface area contributed by atoms with Gasteiger partial charge in [0, 0.05) is 5.56 Å². The van der Waals surface area contributed by atoms with Crippen LogP contribution in [0.5, 0.6) is 6.01 Å². The van der Waals surface area contributed by atoms with E-state index in [4.69, 9.17) is 9.15 Å². The van der Waals surface area contributed by atoms with Crippen molar-refractivity contribution in [2.75, 3.05) is 6.61 Å². The smallest absolute Gasteiger partial charge is 0.336 e. The quantitative estimate of drug-likeness (QED) is 0.720. The van der Waals surface area contributed by atoms with Crippen molar-refractivity contribution in [2.45, 2.75) is 33.1 Å². The molecule has 0 saturated heterocycles. The van der Waals surface area contributed by atoms with Crippen LogP contribution < -0.4 is 4.74 Å². The summed E-state index contributed by atoms with van der Waals surface area (Å²) in [4.78, 5) is 17.0. The van der Waals surface area contributed by atoms with Crippen LogP contribution >= 0.6 is 0 Å². The van der Waals surface area contributed by atoms with Gasteiger partial charge in [0.1, 0.15) is 0 Å². The largest absolute Gasteiger partial charge is 0.463 e. The van der Waals surface area contributed by atoms with Crippen molar-refractivity contribution in [3.63, 3.8) is 0 Å². The zero-order valence-corrected chi connectivity index (χ0v) is 14.8. The van der Waals surface area contributed by atoms with Crippen LogP contribution in [0.25, 0.3) is 11.4 Å². The third-order valence-corrected chi connectivity index (χ3v) is 3.79. The van der Waals surface area contributed by atoms with Crippen LogP contribution in [0.2, 0.25) is 0 Å². The first kappa shape index (κ1) is 17.0. The number of nitrogens with zero attached hydrogens (tertiary/aromatic N) is 3. The molecule has 0 aliphatic carbocycles. The molecule has 0 radical (unpaired) electrons. The minimum absolute atomic E-state index is 0.0483. The van der Waals surface area contributed by atoms with Gasteiger partial charge in [0.2, 0.25) is 0 Å². The van der Waals surface area contributed by atoms with Crippen LogP contribution in [0.1, 0.15) is 43.8 Å². The van der Waals surface area contributed by atoms with Gasteiger partial charge in [-0.05, 0) is 30.0 Å². The Balaban J connectivity index is 2.04. The highest BCUT2D eigenvalue weighted by molar-refractivity contribution is 5.94. The minimum Gasteiger partial charge on any atom is -0.463 e. The summed E-state index contributed by atoms with van der Waals surface area (Å²) in [7, 11) is 0. The second-order valence-corrected chi connectivity index (χ2v) is 6.67. The molecular weight excluding hydrogens is 318 g/mol. The second kappa shape index (κ2) is 6.55. The summed E-state index contributed by atoms with van der Waals surface area (Å²) in [5, 5.41) is 4.18. The number of hydrogen-bond donors (Lipinski definition) is 0. The number of ether oxygens (including phenoxy) is 1. The predicted molar refractivity (Wildman–Crippen MR) is 93.8 cm³/mol. The first-order chi connectivity index (χ1) is 11.9. The number of carbonyl (C=O) groups excluding carboxylic acids is 1. The Hall–Kier alpha value is -2.89. The zero-order chi connectivity index (χ0) is 18.0. The number of carbonyl (C=O) groups is 1. The van der Waals surface area contributed by atoms with E-state index in [0.717, 1.165) is 5.56 Å². The van der Waals surface area contributed by atoms with Crippen LogP contribution in [0.15, 0.2) is 47.1 Å². The summed E-state index contributed by atoms with van der Waals surface area (Å²) >= 11 is 0. The summed E-state index contributed by atoms with van der Waals surface area (Å²) in [5.74, 6) is 0.226. The number of hydrogen-bond acceptors (Lipinski definition) is 5. The van der Waals surface area contributed by atoms with Crippen LogP contribution in [-0.4, -0.2) is 27.3 Å². The fraction of sp³-hybridized carbons (Fsp3) is 0.316. The van der Waals surface area contributed by atoms with Crippen molar-refractivity contribution in [1.29, 1.82) is 0 Å². The highest BCUT2D eigenvalue weighted by Gasteiger charge is 2.22. The van der Waals surface area contributed by atoms with Gasteiger partial charge >= 0.3 is 11.9 Å². The maximum Gasteiger partial charge on any atom is 0.336 e. The monoisotopic (exact) mass is 339 g/mol. The average molecular weight is 339 g/mol. The Morgan fingerprint density at radius 3 is 2.48 bits per heavy atom. The van der Waals surface area contributed by atoms with E-state index in [1.54, 1.807) is 12.1 Å². The van der Waals surface area contributed by atoms with E-state index in [0.29, 0.717) is 12.4 Å². The predicted octanol–water partition coefficient (Wildman–Crippen LogP) is 3.92. The third-order valence-electron chi connectivity index (χ3n) is 3.79. The first-order valence-electron chi connectivity index (χ1n) is 8.19. The van der Waals surface area contributed by atoms with Crippen molar-refractivity contribution in [2.24, 2.45) is 0 Å². The van der Waals surface area contributed by atoms with E-state index >= 15 is 0 Å². The maximum atomic E-state index is 12.7. The normalized spacial score (nSPS) is 11.5. The molecular formula is C19H21N3O3. The Morgan fingerprint density at radius 1 is 1.20 bits per heavy atom. The molecule has 0 saturated carbocycles. The van der Waals surface area contributed by atoms with Gasteiger partial charge in [0.05, 0.1) is 12.9 Å². The summed E-state index contributed by atoms with van der Waals surface area (Å²) in [5.41, 5.74) is 2.03. The van der Waals surface area contributed by atoms with E-state index in [2.05, 4.69) is 30.9 Å². The molecule has 6 heteroatoms. The molecule has 3 rings (SSSR count). The fourth-order valence-corrected chi connectivity index (χ4v) is 2.44. The van der Waals surface area contributed by atoms with E-state index in [9.17, 15) is 4.79 Å². The molecule has 2 heterocycles. The SMILES string of the molecule is CCOc1nc(-c2ccc(C(C)(C)C)cc2)n(C(=O)c2ccco2)n1. The third kappa shape index (κ3) is 3.47. The van der Waals surface area contributed by atoms with E-state index in [1.807, 2.05) is 31.2 Å². The van der Waals surface area contributed by atoms with Crippen molar-refractivity contribution in [3.8, 4) is 17.4 Å². The zero-order valence-electron chi connectivity index (χ0n) is 14.8. The van der Waals surface area contributed by atoms with Crippen molar-refractivity contribution >= 4 is 5.91 Å². The lowest BCUT2D eigenvalue weighted by Crippen LogP contribution is -2.15. The number of benzene rings is 1.